The van der Waals surface area contributed by atoms with E-state index in [-0.39, 0.29) is 5.82 Å². The SMILES string of the molecule is Fc1cc(Br)cc(N=C2COC2)c1. The van der Waals surface area contributed by atoms with Crippen LogP contribution < -0.4 is 0 Å². The van der Waals surface area contributed by atoms with E-state index in [0.29, 0.717) is 23.4 Å². The smallest absolute Gasteiger partial charge is 0.126 e. The normalized spacial score (nSPS) is 15.4. The highest BCUT2D eigenvalue weighted by molar-refractivity contribution is 9.10. The fourth-order valence-electron chi connectivity index (χ4n) is 1.04. The van der Waals surface area contributed by atoms with Crippen LogP contribution in [0.1, 0.15) is 0 Å². The summed E-state index contributed by atoms with van der Waals surface area (Å²) >= 11 is 3.20. The molecule has 68 valence electrons. The van der Waals surface area contributed by atoms with Crippen molar-refractivity contribution in [2.75, 3.05) is 13.2 Å². The summed E-state index contributed by atoms with van der Waals surface area (Å²) in [5, 5.41) is 0. The van der Waals surface area contributed by atoms with Gasteiger partial charge in [0.25, 0.3) is 0 Å². The highest BCUT2D eigenvalue weighted by Crippen LogP contribution is 2.21. The van der Waals surface area contributed by atoms with Gasteiger partial charge in [0.2, 0.25) is 0 Å². The van der Waals surface area contributed by atoms with E-state index in [9.17, 15) is 4.39 Å². The Bertz CT molecular complexity index is 338. The Labute approximate surface area is 83.6 Å². The van der Waals surface area contributed by atoms with Crippen LogP contribution >= 0.6 is 15.9 Å². The molecule has 0 atom stereocenters. The Morgan fingerprint density at radius 3 is 2.62 bits per heavy atom. The van der Waals surface area contributed by atoms with Crippen molar-refractivity contribution in [2.45, 2.75) is 0 Å². The molecule has 1 fully saturated rings. The Hall–Kier alpha value is -0.740. The molecule has 13 heavy (non-hydrogen) atoms. The molecule has 2 rings (SSSR count). The van der Waals surface area contributed by atoms with Crippen molar-refractivity contribution in [2.24, 2.45) is 4.99 Å². The zero-order valence-electron chi connectivity index (χ0n) is 6.76. The maximum Gasteiger partial charge on any atom is 0.126 e. The van der Waals surface area contributed by atoms with E-state index in [2.05, 4.69) is 20.9 Å². The third-order valence-corrected chi connectivity index (χ3v) is 2.13. The topological polar surface area (TPSA) is 21.6 Å². The van der Waals surface area contributed by atoms with Gasteiger partial charge in [0, 0.05) is 4.47 Å². The molecule has 1 saturated heterocycles. The van der Waals surface area contributed by atoms with Gasteiger partial charge < -0.3 is 4.74 Å². The van der Waals surface area contributed by atoms with Crippen LogP contribution in [0.4, 0.5) is 10.1 Å². The standard InChI is InChI=1S/C9H7BrFNO/c10-6-1-7(11)3-8(2-6)12-9-4-13-5-9/h1-3H,4-5H2. The second-order valence-electron chi connectivity index (χ2n) is 2.80. The van der Waals surface area contributed by atoms with E-state index in [1.54, 1.807) is 6.07 Å². The van der Waals surface area contributed by atoms with Crippen LogP contribution in [-0.4, -0.2) is 18.9 Å². The predicted molar refractivity (Wildman–Crippen MR) is 52.0 cm³/mol. The second-order valence-corrected chi connectivity index (χ2v) is 3.71. The monoisotopic (exact) mass is 243 g/mol. The van der Waals surface area contributed by atoms with Gasteiger partial charge in [0.05, 0.1) is 24.6 Å². The Morgan fingerprint density at radius 1 is 1.31 bits per heavy atom. The van der Waals surface area contributed by atoms with Crippen molar-refractivity contribution >= 4 is 27.3 Å². The lowest BCUT2D eigenvalue weighted by Gasteiger charge is -2.15. The molecule has 0 N–H and O–H groups in total. The summed E-state index contributed by atoms with van der Waals surface area (Å²) in [6, 6.07) is 4.57. The van der Waals surface area contributed by atoms with Crippen LogP contribution in [0.2, 0.25) is 0 Å². The number of rotatable bonds is 1. The second kappa shape index (κ2) is 3.55. The molecule has 0 radical (unpaired) electrons. The van der Waals surface area contributed by atoms with Crippen molar-refractivity contribution in [3.05, 3.63) is 28.5 Å². The largest absolute Gasteiger partial charge is 0.369 e. The zero-order chi connectivity index (χ0) is 9.26. The number of benzene rings is 1. The Kier molecular flexibility index (Phi) is 2.42. The van der Waals surface area contributed by atoms with Gasteiger partial charge in [0.1, 0.15) is 5.82 Å². The maximum atomic E-state index is 12.9. The highest BCUT2D eigenvalue weighted by atomic mass is 79.9. The average molecular weight is 244 g/mol. The quantitative estimate of drug-likeness (QED) is 0.744. The predicted octanol–water partition coefficient (Wildman–Crippen LogP) is 2.69. The van der Waals surface area contributed by atoms with Gasteiger partial charge in [-0.25, -0.2) is 4.39 Å². The van der Waals surface area contributed by atoms with Crippen LogP contribution in [0.3, 0.4) is 0 Å². The summed E-state index contributed by atoms with van der Waals surface area (Å²) in [6.45, 7) is 1.13. The summed E-state index contributed by atoms with van der Waals surface area (Å²) in [6.07, 6.45) is 0. The number of halogens is 2. The fraction of sp³-hybridized carbons (Fsp3) is 0.222. The first-order chi connectivity index (χ1) is 6.24. The molecule has 2 nitrogen and oxygen atoms in total. The van der Waals surface area contributed by atoms with E-state index in [0.717, 1.165) is 5.71 Å². The van der Waals surface area contributed by atoms with Gasteiger partial charge in [-0.2, -0.15) is 0 Å². The molecule has 0 spiro atoms. The van der Waals surface area contributed by atoms with E-state index in [1.807, 2.05) is 0 Å². The molecule has 1 aliphatic heterocycles. The van der Waals surface area contributed by atoms with Gasteiger partial charge in [-0.05, 0) is 18.2 Å². The fourth-order valence-corrected chi connectivity index (χ4v) is 1.50. The molecule has 0 amide bonds. The van der Waals surface area contributed by atoms with Crippen LogP contribution in [0.5, 0.6) is 0 Å². The molecule has 0 aromatic heterocycles. The molecule has 4 heteroatoms. The third kappa shape index (κ3) is 2.14. The molecule has 0 unspecified atom stereocenters. The molecular formula is C9H7BrFNO. The first-order valence-electron chi connectivity index (χ1n) is 3.84. The van der Waals surface area contributed by atoms with E-state index < -0.39 is 0 Å². The van der Waals surface area contributed by atoms with Crippen LogP contribution in [0.25, 0.3) is 0 Å². The molecule has 1 aromatic rings. The van der Waals surface area contributed by atoms with Crippen LogP contribution in [-0.2, 0) is 4.74 Å². The number of hydrogen-bond acceptors (Lipinski definition) is 2. The lowest BCUT2D eigenvalue weighted by Crippen LogP contribution is -2.27. The molecule has 0 bridgehead atoms. The molecule has 0 saturated carbocycles. The van der Waals surface area contributed by atoms with E-state index in [4.69, 9.17) is 4.74 Å². The molecule has 1 aromatic carbocycles. The van der Waals surface area contributed by atoms with Crippen molar-refractivity contribution < 1.29 is 9.13 Å². The van der Waals surface area contributed by atoms with Crippen molar-refractivity contribution in [3.8, 4) is 0 Å². The molecule has 1 aliphatic rings. The Balaban J connectivity index is 2.29. The maximum absolute atomic E-state index is 12.9. The number of hydrogen-bond donors (Lipinski definition) is 0. The lowest BCUT2D eigenvalue weighted by molar-refractivity contribution is 0.159. The minimum absolute atomic E-state index is 0.283. The van der Waals surface area contributed by atoms with Crippen LogP contribution in [0, 0.1) is 5.82 Å². The summed E-state index contributed by atoms with van der Waals surface area (Å²) < 4.78 is 18.5. The minimum Gasteiger partial charge on any atom is -0.369 e. The van der Waals surface area contributed by atoms with Crippen molar-refractivity contribution in [1.29, 1.82) is 0 Å². The first-order valence-corrected chi connectivity index (χ1v) is 4.63. The van der Waals surface area contributed by atoms with Crippen LogP contribution in [0.15, 0.2) is 27.7 Å². The first kappa shape index (κ1) is 8.84. The van der Waals surface area contributed by atoms with Crippen molar-refractivity contribution in [3.63, 3.8) is 0 Å². The Morgan fingerprint density at radius 2 is 2.08 bits per heavy atom. The summed E-state index contributed by atoms with van der Waals surface area (Å²) in [5.74, 6) is -0.283. The third-order valence-electron chi connectivity index (χ3n) is 1.67. The highest BCUT2D eigenvalue weighted by Gasteiger charge is 2.10. The lowest BCUT2D eigenvalue weighted by atomic mass is 10.3. The minimum atomic E-state index is -0.283. The number of ether oxygens (including phenoxy) is 1. The van der Waals surface area contributed by atoms with Crippen molar-refractivity contribution in [1.82, 2.24) is 0 Å². The number of nitrogens with zero attached hydrogens (tertiary/aromatic N) is 1. The van der Waals surface area contributed by atoms with Gasteiger partial charge in [-0.15, -0.1) is 0 Å². The van der Waals surface area contributed by atoms with E-state index >= 15 is 0 Å². The summed E-state index contributed by atoms with van der Waals surface area (Å²) in [7, 11) is 0. The van der Waals surface area contributed by atoms with Gasteiger partial charge >= 0.3 is 0 Å². The molecular weight excluding hydrogens is 237 g/mol. The van der Waals surface area contributed by atoms with Gasteiger partial charge in [0.15, 0.2) is 0 Å². The summed E-state index contributed by atoms with van der Waals surface area (Å²) in [4.78, 5) is 4.21. The zero-order valence-corrected chi connectivity index (χ0v) is 8.34. The summed E-state index contributed by atoms with van der Waals surface area (Å²) in [5.41, 5.74) is 1.59. The average Bonchev–Trinajstić information content (AvgIpc) is 1.95. The van der Waals surface area contributed by atoms with E-state index in [1.165, 1.54) is 12.1 Å². The van der Waals surface area contributed by atoms with Gasteiger partial charge in [-0.1, -0.05) is 15.9 Å². The molecule has 1 heterocycles. The molecule has 0 aliphatic carbocycles. The number of aliphatic imine (C=N–C) groups is 1. The van der Waals surface area contributed by atoms with Gasteiger partial charge in [-0.3, -0.25) is 4.99 Å².